The largest absolute Gasteiger partial charge is 0.465 e. The summed E-state index contributed by atoms with van der Waals surface area (Å²) in [7, 11) is 0. The highest BCUT2D eigenvalue weighted by molar-refractivity contribution is 6.41. The minimum Gasteiger partial charge on any atom is -0.465 e. The van der Waals surface area contributed by atoms with Gasteiger partial charge in [0.1, 0.15) is 5.92 Å². The number of unbranched alkanes of at least 4 members (excludes halogenated alkanes) is 26. The molecule has 0 aromatic heterocycles. The van der Waals surface area contributed by atoms with Gasteiger partial charge in [-0.25, -0.2) is 0 Å². The second kappa shape index (κ2) is 32.7. The molecule has 0 heterocycles. The Hall–Kier alpha value is -1.19. The smallest absolute Gasteiger partial charge is 0.316 e. The SMILES string of the molecule is CCCCCCCCCCCCCCCCC(=O)C(=O)C(CCCCCCCCCCCCCCCC)C(=O)OCC. The van der Waals surface area contributed by atoms with E-state index in [1.54, 1.807) is 6.92 Å². The van der Waals surface area contributed by atoms with Gasteiger partial charge in [-0.3, -0.25) is 14.4 Å². The molecule has 248 valence electrons. The Bertz CT molecular complexity index is 614. The van der Waals surface area contributed by atoms with Crippen LogP contribution in [-0.2, 0) is 19.1 Å². The van der Waals surface area contributed by atoms with Gasteiger partial charge in [0.25, 0.3) is 0 Å². The van der Waals surface area contributed by atoms with Crippen molar-refractivity contribution in [3.8, 4) is 0 Å². The molecule has 0 saturated carbocycles. The minimum atomic E-state index is -0.901. The van der Waals surface area contributed by atoms with Crippen LogP contribution in [-0.4, -0.2) is 24.1 Å². The molecule has 0 aromatic carbocycles. The Morgan fingerprint density at radius 2 is 0.738 bits per heavy atom. The molecule has 4 heteroatoms. The predicted octanol–water partition coefficient (Wildman–Crippen LogP) is 12.0. The Kier molecular flexibility index (Phi) is 31.8. The summed E-state index contributed by atoms with van der Waals surface area (Å²) in [6.45, 7) is 6.53. The van der Waals surface area contributed by atoms with Gasteiger partial charge in [-0.1, -0.05) is 187 Å². The molecular weight excluding hydrogens is 520 g/mol. The van der Waals surface area contributed by atoms with Crippen molar-refractivity contribution in [1.82, 2.24) is 0 Å². The fourth-order valence-corrected chi connectivity index (χ4v) is 5.94. The number of hydrogen-bond donors (Lipinski definition) is 0. The molecule has 0 aliphatic rings. The molecule has 1 unspecified atom stereocenters. The summed E-state index contributed by atoms with van der Waals surface area (Å²) in [4.78, 5) is 37.9. The third-order valence-electron chi connectivity index (χ3n) is 8.77. The van der Waals surface area contributed by atoms with E-state index in [9.17, 15) is 14.4 Å². The first-order chi connectivity index (χ1) is 20.6. The molecule has 0 bridgehead atoms. The summed E-state index contributed by atoms with van der Waals surface area (Å²) in [5.74, 6) is -2.30. The summed E-state index contributed by atoms with van der Waals surface area (Å²) < 4.78 is 5.16. The van der Waals surface area contributed by atoms with Crippen molar-refractivity contribution in [2.24, 2.45) is 5.92 Å². The first-order valence-corrected chi connectivity index (χ1v) is 18.8. The van der Waals surface area contributed by atoms with Crippen molar-refractivity contribution < 1.29 is 19.1 Å². The predicted molar refractivity (Wildman–Crippen MR) is 180 cm³/mol. The third-order valence-corrected chi connectivity index (χ3v) is 8.77. The molecule has 0 aromatic rings. The van der Waals surface area contributed by atoms with E-state index < -0.39 is 17.7 Å². The fourth-order valence-electron chi connectivity index (χ4n) is 5.94. The Labute approximate surface area is 262 Å². The summed E-state index contributed by atoms with van der Waals surface area (Å²) in [6, 6.07) is 0. The molecule has 42 heavy (non-hydrogen) atoms. The molecule has 0 aliphatic heterocycles. The summed E-state index contributed by atoms with van der Waals surface area (Å²) >= 11 is 0. The van der Waals surface area contributed by atoms with E-state index in [-0.39, 0.29) is 18.8 Å². The number of carbonyl (C=O) groups excluding carboxylic acids is 3. The van der Waals surface area contributed by atoms with Crippen LogP contribution in [0.1, 0.15) is 213 Å². The molecular formula is C38H72O4. The van der Waals surface area contributed by atoms with Crippen LogP contribution in [0, 0.1) is 5.92 Å². The summed E-state index contributed by atoms with van der Waals surface area (Å²) in [5, 5.41) is 0. The third kappa shape index (κ3) is 26.4. The van der Waals surface area contributed by atoms with Crippen LogP contribution in [0.3, 0.4) is 0 Å². The van der Waals surface area contributed by atoms with E-state index in [1.165, 1.54) is 141 Å². The molecule has 0 spiro atoms. The summed E-state index contributed by atoms with van der Waals surface area (Å²) in [6.07, 6.45) is 36.0. The Balaban J connectivity index is 3.90. The van der Waals surface area contributed by atoms with Gasteiger partial charge < -0.3 is 4.74 Å². The molecule has 0 amide bonds. The van der Waals surface area contributed by atoms with Crippen molar-refractivity contribution in [1.29, 1.82) is 0 Å². The zero-order valence-electron chi connectivity index (χ0n) is 28.6. The first-order valence-electron chi connectivity index (χ1n) is 18.8. The van der Waals surface area contributed by atoms with Crippen LogP contribution >= 0.6 is 0 Å². The zero-order chi connectivity index (χ0) is 30.9. The lowest BCUT2D eigenvalue weighted by molar-refractivity contribution is -0.154. The van der Waals surface area contributed by atoms with Crippen LogP contribution in [0.25, 0.3) is 0 Å². The number of Topliss-reactive ketones (excluding diaryl/α,β-unsaturated/α-hetero) is 2. The van der Waals surface area contributed by atoms with E-state index >= 15 is 0 Å². The van der Waals surface area contributed by atoms with Gasteiger partial charge in [0.15, 0.2) is 5.78 Å². The molecule has 0 saturated heterocycles. The van der Waals surface area contributed by atoms with Gasteiger partial charge in [-0.05, 0) is 19.8 Å². The van der Waals surface area contributed by atoms with E-state index in [4.69, 9.17) is 4.74 Å². The van der Waals surface area contributed by atoms with Crippen molar-refractivity contribution in [2.45, 2.75) is 213 Å². The van der Waals surface area contributed by atoms with Gasteiger partial charge in [0, 0.05) is 6.42 Å². The van der Waals surface area contributed by atoms with Gasteiger partial charge in [0.2, 0.25) is 5.78 Å². The van der Waals surface area contributed by atoms with Gasteiger partial charge >= 0.3 is 5.97 Å². The number of ketones is 2. The van der Waals surface area contributed by atoms with Crippen LogP contribution in [0.2, 0.25) is 0 Å². The number of hydrogen-bond acceptors (Lipinski definition) is 4. The van der Waals surface area contributed by atoms with Gasteiger partial charge in [-0.2, -0.15) is 0 Å². The number of carbonyl (C=O) groups is 3. The van der Waals surface area contributed by atoms with Crippen molar-refractivity contribution >= 4 is 17.5 Å². The molecule has 0 aliphatic carbocycles. The fraction of sp³-hybridized carbons (Fsp3) is 0.921. The first kappa shape index (κ1) is 40.8. The van der Waals surface area contributed by atoms with E-state index in [1.807, 2.05) is 0 Å². The van der Waals surface area contributed by atoms with Crippen molar-refractivity contribution in [3.05, 3.63) is 0 Å². The average molecular weight is 593 g/mol. The van der Waals surface area contributed by atoms with Crippen LogP contribution in [0.4, 0.5) is 0 Å². The number of esters is 1. The maximum Gasteiger partial charge on any atom is 0.316 e. The number of rotatable bonds is 34. The monoisotopic (exact) mass is 593 g/mol. The average Bonchev–Trinajstić information content (AvgIpc) is 2.99. The molecule has 0 N–H and O–H groups in total. The van der Waals surface area contributed by atoms with Gasteiger partial charge in [-0.15, -0.1) is 0 Å². The standard InChI is InChI=1S/C38H72O4/c1-4-7-9-11-13-15-17-19-21-23-25-27-29-31-33-35(38(41)42-6-3)37(40)36(39)34-32-30-28-26-24-22-20-18-16-14-12-10-8-5-2/h35H,4-34H2,1-3H3. The number of ether oxygens (including phenoxy) is 1. The second-order valence-corrected chi connectivity index (χ2v) is 12.8. The van der Waals surface area contributed by atoms with E-state index in [0.717, 1.165) is 38.5 Å². The maximum atomic E-state index is 12.8. The Morgan fingerprint density at radius 1 is 0.429 bits per heavy atom. The molecule has 0 fully saturated rings. The highest BCUT2D eigenvalue weighted by atomic mass is 16.5. The normalized spacial score (nSPS) is 12.0. The molecule has 1 atom stereocenters. The minimum absolute atomic E-state index is 0.245. The van der Waals surface area contributed by atoms with Crippen LogP contribution in [0.5, 0.6) is 0 Å². The second-order valence-electron chi connectivity index (χ2n) is 12.8. The molecule has 0 radical (unpaired) electrons. The quantitative estimate of drug-likeness (QED) is 0.0323. The molecule has 0 rings (SSSR count). The van der Waals surface area contributed by atoms with Crippen LogP contribution in [0.15, 0.2) is 0 Å². The van der Waals surface area contributed by atoms with E-state index in [2.05, 4.69) is 13.8 Å². The zero-order valence-corrected chi connectivity index (χ0v) is 28.6. The van der Waals surface area contributed by atoms with Crippen LogP contribution < -0.4 is 0 Å². The molecule has 4 nitrogen and oxygen atoms in total. The topological polar surface area (TPSA) is 60.4 Å². The maximum absolute atomic E-state index is 12.8. The lowest BCUT2D eigenvalue weighted by Crippen LogP contribution is -2.31. The highest BCUT2D eigenvalue weighted by Crippen LogP contribution is 2.19. The highest BCUT2D eigenvalue weighted by Gasteiger charge is 2.31. The van der Waals surface area contributed by atoms with Crippen molar-refractivity contribution in [3.63, 3.8) is 0 Å². The summed E-state index contributed by atoms with van der Waals surface area (Å²) in [5.41, 5.74) is 0. The van der Waals surface area contributed by atoms with Gasteiger partial charge in [0.05, 0.1) is 6.61 Å². The lowest BCUT2D eigenvalue weighted by Gasteiger charge is -2.14. The van der Waals surface area contributed by atoms with Crippen molar-refractivity contribution in [2.75, 3.05) is 6.61 Å². The lowest BCUT2D eigenvalue weighted by atomic mass is 9.92. The Morgan fingerprint density at radius 3 is 1.07 bits per heavy atom. The van der Waals surface area contributed by atoms with E-state index in [0.29, 0.717) is 6.42 Å².